The van der Waals surface area contributed by atoms with Gasteiger partial charge in [0.1, 0.15) is 0 Å². The minimum absolute atomic E-state index is 0.0268. The maximum atomic E-state index is 11.7. The Morgan fingerprint density at radius 2 is 1.95 bits per heavy atom. The van der Waals surface area contributed by atoms with Crippen molar-refractivity contribution in [2.24, 2.45) is 5.92 Å². The minimum Gasteiger partial charge on any atom is -0.481 e. The summed E-state index contributed by atoms with van der Waals surface area (Å²) in [5.74, 6) is -0.485. The zero-order chi connectivity index (χ0) is 13.8. The minimum atomic E-state index is -0.820. The fraction of sp³-hybridized carbons (Fsp3) is 0.385. The highest BCUT2D eigenvalue weighted by Crippen LogP contribution is 2.22. The zero-order valence-corrected chi connectivity index (χ0v) is 11.8. The van der Waals surface area contributed by atoms with E-state index < -0.39 is 5.97 Å². The number of hydrogen-bond acceptors (Lipinski definition) is 3. The van der Waals surface area contributed by atoms with Gasteiger partial charge in [-0.25, -0.2) is 0 Å². The van der Waals surface area contributed by atoms with E-state index in [4.69, 9.17) is 16.7 Å². The average molecular weight is 300 g/mol. The first kappa shape index (κ1) is 14.2. The van der Waals surface area contributed by atoms with Crippen LogP contribution in [0, 0.1) is 5.92 Å². The highest BCUT2D eigenvalue weighted by Gasteiger charge is 2.34. The number of aliphatic carboxylic acids is 1. The van der Waals surface area contributed by atoms with Gasteiger partial charge in [0, 0.05) is 35.2 Å². The number of halogens is 1. The van der Waals surface area contributed by atoms with Gasteiger partial charge < -0.3 is 10.0 Å². The van der Waals surface area contributed by atoms with Gasteiger partial charge in [-0.3, -0.25) is 9.59 Å². The van der Waals surface area contributed by atoms with Gasteiger partial charge in [-0.15, -0.1) is 11.8 Å². The Hall–Kier alpha value is -1.20. The highest BCUT2D eigenvalue weighted by atomic mass is 35.5. The number of nitrogens with zero attached hydrogens (tertiary/aromatic N) is 1. The summed E-state index contributed by atoms with van der Waals surface area (Å²) in [5, 5.41) is 9.42. The third-order valence-electron chi connectivity index (χ3n) is 2.98. The smallest absolute Gasteiger partial charge is 0.310 e. The second-order valence-electron chi connectivity index (χ2n) is 4.39. The number of carboxylic acids is 1. The number of amides is 1. The van der Waals surface area contributed by atoms with Crippen molar-refractivity contribution in [2.75, 3.05) is 18.8 Å². The van der Waals surface area contributed by atoms with Crippen molar-refractivity contribution in [1.29, 1.82) is 0 Å². The summed E-state index contributed by atoms with van der Waals surface area (Å²) >= 11 is 7.38. The molecule has 1 N–H and O–H groups in total. The molecule has 0 aliphatic carbocycles. The topological polar surface area (TPSA) is 57.6 Å². The summed E-state index contributed by atoms with van der Waals surface area (Å²) in [6, 6.07) is 7.47. The fourth-order valence-corrected chi connectivity index (χ4v) is 2.75. The molecule has 0 unspecified atom stereocenters. The lowest BCUT2D eigenvalue weighted by Crippen LogP contribution is -2.53. The molecule has 0 radical (unpaired) electrons. The van der Waals surface area contributed by atoms with Crippen LogP contribution in [0.1, 0.15) is 6.42 Å². The maximum absolute atomic E-state index is 11.7. The molecular weight excluding hydrogens is 286 g/mol. The number of likely N-dealkylation sites (tertiary alicyclic amines) is 1. The van der Waals surface area contributed by atoms with E-state index in [2.05, 4.69) is 0 Å². The summed E-state index contributed by atoms with van der Waals surface area (Å²) in [4.78, 5) is 25.0. The van der Waals surface area contributed by atoms with Crippen LogP contribution in [-0.2, 0) is 9.59 Å². The van der Waals surface area contributed by atoms with E-state index in [1.165, 1.54) is 0 Å². The largest absolute Gasteiger partial charge is 0.481 e. The van der Waals surface area contributed by atoms with Gasteiger partial charge in [0.25, 0.3) is 0 Å². The van der Waals surface area contributed by atoms with E-state index in [1.54, 1.807) is 16.7 Å². The van der Waals surface area contributed by atoms with E-state index in [0.29, 0.717) is 30.3 Å². The zero-order valence-electron chi connectivity index (χ0n) is 10.2. The van der Waals surface area contributed by atoms with Crippen molar-refractivity contribution in [3.05, 3.63) is 29.3 Å². The number of carboxylic acid groups (broad SMARTS) is 1. The number of carbonyl (C=O) groups excluding carboxylic acids is 1. The Balaban J connectivity index is 1.68. The van der Waals surface area contributed by atoms with Crippen LogP contribution in [0.25, 0.3) is 0 Å². The van der Waals surface area contributed by atoms with E-state index >= 15 is 0 Å². The molecule has 2 rings (SSSR count). The monoisotopic (exact) mass is 299 g/mol. The molecule has 1 amide bonds. The summed E-state index contributed by atoms with van der Waals surface area (Å²) in [5.41, 5.74) is 0. The predicted octanol–water partition coefficient (Wildman–Crippen LogP) is 2.37. The van der Waals surface area contributed by atoms with Crippen LogP contribution in [-0.4, -0.2) is 40.7 Å². The summed E-state index contributed by atoms with van der Waals surface area (Å²) in [6.45, 7) is 0.694. The molecule has 1 heterocycles. The molecule has 1 saturated heterocycles. The summed E-state index contributed by atoms with van der Waals surface area (Å²) < 4.78 is 0. The second kappa shape index (κ2) is 6.30. The predicted molar refractivity (Wildman–Crippen MR) is 74.5 cm³/mol. The first-order valence-corrected chi connectivity index (χ1v) is 7.31. The first-order valence-electron chi connectivity index (χ1n) is 5.95. The molecule has 6 heteroatoms. The van der Waals surface area contributed by atoms with Gasteiger partial charge in [0.15, 0.2) is 0 Å². The number of rotatable bonds is 5. The number of benzene rings is 1. The Labute approximate surface area is 120 Å². The lowest BCUT2D eigenvalue weighted by Gasteiger charge is -2.36. The van der Waals surface area contributed by atoms with E-state index in [-0.39, 0.29) is 11.8 Å². The van der Waals surface area contributed by atoms with E-state index in [1.807, 2.05) is 24.3 Å². The van der Waals surface area contributed by atoms with Gasteiger partial charge in [-0.1, -0.05) is 11.6 Å². The van der Waals surface area contributed by atoms with Gasteiger partial charge in [-0.2, -0.15) is 0 Å². The van der Waals surface area contributed by atoms with Gasteiger partial charge in [0.2, 0.25) is 5.91 Å². The van der Waals surface area contributed by atoms with Crippen LogP contribution in [0.5, 0.6) is 0 Å². The molecule has 0 atom stereocenters. The lowest BCUT2D eigenvalue weighted by atomic mass is 10.0. The van der Waals surface area contributed by atoms with Crippen LogP contribution in [0.4, 0.5) is 0 Å². The van der Waals surface area contributed by atoms with Crippen molar-refractivity contribution in [2.45, 2.75) is 11.3 Å². The molecular formula is C13H14ClNO3S. The van der Waals surface area contributed by atoms with E-state index in [9.17, 15) is 9.59 Å². The molecule has 1 aromatic carbocycles. The molecule has 1 aromatic rings. The van der Waals surface area contributed by atoms with Crippen molar-refractivity contribution >= 4 is 35.2 Å². The Bertz CT molecular complexity index is 471. The molecule has 0 aromatic heterocycles. The Morgan fingerprint density at radius 3 is 2.53 bits per heavy atom. The molecule has 4 nitrogen and oxygen atoms in total. The number of thioether (sulfide) groups is 1. The number of carbonyl (C=O) groups is 2. The first-order chi connectivity index (χ1) is 9.06. The average Bonchev–Trinajstić information content (AvgIpc) is 2.29. The normalized spacial score (nSPS) is 15.1. The number of hydrogen-bond donors (Lipinski definition) is 1. The summed E-state index contributed by atoms with van der Waals surface area (Å²) in [6.07, 6.45) is 0.430. The van der Waals surface area contributed by atoms with Crippen LogP contribution < -0.4 is 0 Å². The van der Waals surface area contributed by atoms with Gasteiger partial charge >= 0.3 is 5.97 Å². The lowest BCUT2D eigenvalue weighted by molar-refractivity contribution is -0.152. The summed E-state index contributed by atoms with van der Waals surface area (Å²) in [7, 11) is 0. The molecule has 0 spiro atoms. The van der Waals surface area contributed by atoms with Crippen LogP contribution in [0.3, 0.4) is 0 Å². The van der Waals surface area contributed by atoms with Gasteiger partial charge in [0.05, 0.1) is 5.92 Å². The van der Waals surface area contributed by atoms with Crippen molar-refractivity contribution in [3.8, 4) is 0 Å². The highest BCUT2D eigenvalue weighted by molar-refractivity contribution is 7.99. The van der Waals surface area contributed by atoms with Gasteiger partial charge in [-0.05, 0) is 24.3 Å². The SMILES string of the molecule is O=C(O)C1CN(C(=O)CCSc2ccc(Cl)cc2)C1. The molecule has 1 fully saturated rings. The van der Waals surface area contributed by atoms with Crippen LogP contribution >= 0.6 is 23.4 Å². The molecule has 102 valence electrons. The quantitative estimate of drug-likeness (QED) is 0.848. The standard InChI is InChI=1S/C13H14ClNO3S/c14-10-1-3-11(4-2-10)19-6-5-12(16)15-7-9(8-15)13(17)18/h1-4,9H,5-8H2,(H,17,18). The van der Waals surface area contributed by atoms with Crippen molar-refractivity contribution < 1.29 is 14.7 Å². The molecule has 19 heavy (non-hydrogen) atoms. The second-order valence-corrected chi connectivity index (χ2v) is 5.99. The molecule has 1 aliphatic rings. The molecule has 0 bridgehead atoms. The fourth-order valence-electron chi connectivity index (χ4n) is 1.78. The van der Waals surface area contributed by atoms with Crippen LogP contribution in [0.2, 0.25) is 5.02 Å². The van der Waals surface area contributed by atoms with Crippen LogP contribution in [0.15, 0.2) is 29.2 Å². The third-order valence-corrected chi connectivity index (χ3v) is 4.25. The maximum Gasteiger partial charge on any atom is 0.310 e. The van der Waals surface area contributed by atoms with Crippen molar-refractivity contribution in [1.82, 2.24) is 4.90 Å². The molecule has 1 aliphatic heterocycles. The van der Waals surface area contributed by atoms with E-state index in [0.717, 1.165) is 4.90 Å². The Kier molecular flexibility index (Phi) is 4.71. The Morgan fingerprint density at radius 1 is 1.32 bits per heavy atom. The molecule has 0 saturated carbocycles. The van der Waals surface area contributed by atoms with Crippen molar-refractivity contribution in [3.63, 3.8) is 0 Å². The third kappa shape index (κ3) is 3.88.